The second-order valence-electron chi connectivity index (χ2n) is 6.57. The Morgan fingerprint density at radius 1 is 1.11 bits per heavy atom. The van der Waals surface area contributed by atoms with Gasteiger partial charge in [-0.15, -0.1) is 11.3 Å². The SMILES string of the molecule is CC1=Nc2ccccc2/C1=C/c1sc(=S)n(-c2ccc(N(C)C)cc2)c1O. The highest BCUT2D eigenvalue weighted by Crippen LogP contribution is 2.39. The fourth-order valence-electron chi connectivity index (χ4n) is 3.15. The van der Waals surface area contributed by atoms with Crippen LogP contribution in [-0.4, -0.2) is 29.5 Å². The average Bonchev–Trinajstić information content (AvgIpc) is 3.11. The molecule has 0 radical (unpaired) electrons. The molecule has 0 unspecified atom stereocenters. The van der Waals surface area contributed by atoms with E-state index in [0.717, 1.165) is 38.8 Å². The van der Waals surface area contributed by atoms with E-state index in [1.165, 1.54) is 11.3 Å². The average molecular weight is 394 g/mol. The lowest BCUT2D eigenvalue weighted by Gasteiger charge is -2.13. The van der Waals surface area contributed by atoms with Crippen LogP contribution in [0.15, 0.2) is 53.5 Å². The molecule has 0 spiro atoms. The monoisotopic (exact) mass is 393 g/mol. The summed E-state index contributed by atoms with van der Waals surface area (Å²) in [6, 6.07) is 16.0. The fraction of sp³-hybridized carbons (Fsp3) is 0.143. The minimum Gasteiger partial charge on any atom is -0.493 e. The summed E-state index contributed by atoms with van der Waals surface area (Å²) in [5.74, 6) is 0.160. The molecule has 0 fully saturated rings. The zero-order chi connectivity index (χ0) is 19.1. The Morgan fingerprint density at radius 2 is 1.81 bits per heavy atom. The highest BCUT2D eigenvalue weighted by molar-refractivity contribution is 7.73. The molecule has 4 nitrogen and oxygen atoms in total. The predicted octanol–water partition coefficient (Wildman–Crippen LogP) is 5.69. The van der Waals surface area contributed by atoms with Crippen LogP contribution in [0, 0.1) is 3.95 Å². The molecule has 27 heavy (non-hydrogen) atoms. The molecule has 0 saturated carbocycles. The standard InChI is InChI=1S/C21H19N3OS2/c1-13-17(16-6-4-5-7-18(16)22-13)12-19-20(25)24(21(26)27-19)15-10-8-14(9-11-15)23(2)3/h4-12,25H,1-3H3/b17-12+. The van der Waals surface area contributed by atoms with Crippen molar-refractivity contribution in [2.75, 3.05) is 19.0 Å². The molecule has 0 saturated heterocycles. The molecule has 4 rings (SSSR count). The van der Waals surface area contributed by atoms with E-state index < -0.39 is 0 Å². The maximum Gasteiger partial charge on any atom is 0.215 e. The van der Waals surface area contributed by atoms with Gasteiger partial charge in [0.05, 0.1) is 16.3 Å². The van der Waals surface area contributed by atoms with Crippen molar-refractivity contribution in [1.82, 2.24) is 4.57 Å². The molecule has 0 aliphatic carbocycles. The van der Waals surface area contributed by atoms with Crippen molar-refractivity contribution in [2.45, 2.75) is 6.92 Å². The van der Waals surface area contributed by atoms with E-state index in [1.807, 2.05) is 74.5 Å². The third-order valence-corrected chi connectivity index (χ3v) is 5.89. The number of hydrogen-bond donors (Lipinski definition) is 1. The van der Waals surface area contributed by atoms with Gasteiger partial charge in [-0.2, -0.15) is 0 Å². The molecule has 0 amide bonds. The van der Waals surface area contributed by atoms with Crippen LogP contribution in [0.3, 0.4) is 0 Å². The van der Waals surface area contributed by atoms with Crippen LogP contribution in [0.2, 0.25) is 0 Å². The molecule has 2 aromatic carbocycles. The van der Waals surface area contributed by atoms with Gasteiger partial charge >= 0.3 is 0 Å². The van der Waals surface area contributed by atoms with Crippen molar-refractivity contribution in [3.05, 3.63) is 62.9 Å². The summed E-state index contributed by atoms with van der Waals surface area (Å²) >= 11 is 6.92. The van der Waals surface area contributed by atoms with Crippen molar-refractivity contribution in [3.8, 4) is 11.6 Å². The first-order chi connectivity index (χ1) is 13.0. The quantitative estimate of drug-likeness (QED) is 0.582. The van der Waals surface area contributed by atoms with Gasteiger partial charge in [-0.3, -0.25) is 9.56 Å². The topological polar surface area (TPSA) is 40.8 Å². The zero-order valence-electron chi connectivity index (χ0n) is 15.3. The van der Waals surface area contributed by atoms with Gasteiger partial charge in [-0.05, 0) is 55.5 Å². The van der Waals surface area contributed by atoms with Crippen molar-refractivity contribution in [1.29, 1.82) is 0 Å². The van der Waals surface area contributed by atoms with E-state index in [0.29, 0.717) is 3.95 Å². The van der Waals surface area contributed by atoms with Crippen LogP contribution < -0.4 is 4.90 Å². The molecule has 3 aromatic rings. The lowest BCUT2D eigenvalue weighted by Crippen LogP contribution is -2.08. The van der Waals surface area contributed by atoms with E-state index in [4.69, 9.17) is 12.2 Å². The molecule has 1 aromatic heterocycles. The number of aliphatic imine (C=N–C) groups is 1. The summed E-state index contributed by atoms with van der Waals surface area (Å²) < 4.78 is 2.32. The van der Waals surface area contributed by atoms with Crippen LogP contribution in [0.25, 0.3) is 17.3 Å². The Bertz CT molecular complexity index is 1130. The van der Waals surface area contributed by atoms with Crippen LogP contribution in [0.4, 0.5) is 11.4 Å². The number of aromatic hydroxyl groups is 1. The molecule has 1 N–H and O–H groups in total. The number of nitrogens with zero attached hydrogens (tertiary/aromatic N) is 3. The van der Waals surface area contributed by atoms with E-state index in [-0.39, 0.29) is 5.88 Å². The lowest BCUT2D eigenvalue weighted by atomic mass is 10.0. The number of anilines is 1. The third-order valence-electron chi connectivity index (χ3n) is 4.58. The van der Waals surface area contributed by atoms with Gasteiger partial charge < -0.3 is 10.0 Å². The molecule has 1 aliphatic heterocycles. The van der Waals surface area contributed by atoms with Gasteiger partial charge in [0.2, 0.25) is 5.88 Å². The first-order valence-corrected chi connectivity index (χ1v) is 9.77. The summed E-state index contributed by atoms with van der Waals surface area (Å²) in [5.41, 5.74) is 5.95. The lowest BCUT2D eigenvalue weighted by molar-refractivity contribution is 0.441. The predicted molar refractivity (Wildman–Crippen MR) is 118 cm³/mol. The number of benzene rings is 2. The second kappa shape index (κ2) is 6.79. The molecule has 1 aliphatic rings. The van der Waals surface area contributed by atoms with Crippen molar-refractivity contribution in [3.63, 3.8) is 0 Å². The summed E-state index contributed by atoms with van der Waals surface area (Å²) in [4.78, 5) is 7.37. The maximum absolute atomic E-state index is 10.8. The zero-order valence-corrected chi connectivity index (χ0v) is 16.9. The Kier molecular flexibility index (Phi) is 4.45. The number of allylic oxidation sites excluding steroid dienone is 1. The van der Waals surface area contributed by atoms with Crippen molar-refractivity contribution >= 4 is 52.3 Å². The highest BCUT2D eigenvalue weighted by Gasteiger charge is 2.19. The third kappa shape index (κ3) is 3.11. The van der Waals surface area contributed by atoms with E-state index in [2.05, 4.69) is 11.1 Å². The van der Waals surface area contributed by atoms with Crippen molar-refractivity contribution in [2.24, 2.45) is 4.99 Å². The Hall–Kier alpha value is -2.70. The molecule has 0 bridgehead atoms. The number of para-hydroxylation sites is 1. The van der Waals surface area contributed by atoms with Gasteiger partial charge in [0.25, 0.3) is 0 Å². The first kappa shape index (κ1) is 17.7. The van der Waals surface area contributed by atoms with Crippen LogP contribution in [0.1, 0.15) is 17.4 Å². The minimum absolute atomic E-state index is 0.160. The van der Waals surface area contributed by atoms with E-state index in [9.17, 15) is 5.11 Å². The normalized spacial score (nSPS) is 14.3. The second-order valence-corrected chi connectivity index (χ2v) is 8.25. The summed E-state index contributed by atoms with van der Waals surface area (Å²) in [7, 11) is 3.99. The number of hydrogen-bond acceptors (Lipinski definition) is 5. The molecule has 2 heterocycles. The first-order valence-electron chi connectivity index (χ1n) is 8.55. The molecule has 0 atom stereocenters. The van der Waals surface area contributed by atoms with Gasteiger partial charge in [0, 0.05) is 36.6 Å². The molecule has 6 heteroatoms. The number of fused-ring (bicyclic) bond motifs is 1. The van der Waals surface area contributed by atoms with E-state index in [1.54, 1.807) is 4.57 Å². The molecular weight excluding hydrogens is 374 g/mol. The number of thiazole rings is 1. The number of rotatable bonds is 3. The van der Waals surface area contributed by atoms with Crippen LogP contribution in [0.5, 0.6) is 5.88 Å². The molecular formula is C21H19N3OS2. The highest BCUT2D eigenvalue weighted by atomic mass is 32.1. The van der Waals surface area contributed by atoms with Crippen LogP contribution >= 0.6 is 23.6 Å². The van der Waals surface area contributed by atoms with Gasteiger partial charge in [-0.25, -0.2) is 0 Å². The summed E-state index contributed by atoms with van der Waals surface area (Å²) in [6.45, 7) is 1.99. The fourth-order valence-corrected chi connectivity index (χ4v) is 4.44. The van der Waals surface area contributed by atoms with Gasteiger partial charge in [-0.1, -0.05) is 18.2 Å². The number of aromatic nitrogens is 1. The van der Waals surface area contributed by atoms with Crippen molar-refractivity contribution < 1.29 is 5.11 Å². The maximum atomic E-state index is 10.8. The summed E-state index contributed by atoms with van der Waals surface area (Å²) in [5, 5.41) is 10.8. The Labute approximate surface area is 167 Å². The van der Waals surface area contributed by atoms with Crippen LogP contribution in [-0.2, 0) is 0 Å². The van der Waals surface area contributed by atoms with E-state index >= 15 is 0 Å². The largest absolute Gasteiger partial charge is 0.493 e. The minimum atomic E-state index is 0.160. The van der Waals surface area contributed by atoms with Gasteiger partial charge in [0.1, 0.15) is 0 Å². The Morgan fingerprint density at radius 3 is 2.52 bits per heavy atom. The molecule has 136 valence electrons. The smallest absolute Gasteiger partial charge is 0.215 e. The Balaban J connectivity index is 1.78. The van der Waals surface area contributed by atoms with Gasteiger partial charge in [0.15, 0.2) is 3.95 Å². The summed E-state index contributed by atoms with van der Waals surface area (Å²) in [6.07, 6.45) is 1.98.